The van der Waals surface area contributed by atoms with E-state index < -0.39 is 8.07 Å². The topological polar surface area (TPSA) is 14.8 Å². The molecule has 11 aromatic carbocycles. The van der Waals surface area contributed by atoms with Crippen molar-refractivity contribution in [3.8, 4) is 28.2 Å². The highest BCUT2D eigenvalue weighted by atomic mass is 28.3. The fraction of sp³-hybridized carbons (Fsp3) is 0. The van der Waals surface area contributed by atoms with Crippen LogP contribution >= 0.6 is 0 Å². The molecule has 0 aliphatic heterocycles. The summed E-state index contributed by atoms with van der Waals surface area (Å²) in [5.41, 5.74) is 12.9. The van der Waals surface area contributed by atoms with E-state index in [1.165, 1.54) is 91.8 Å². The van der Waals surface area contributed by atoms with Gasteiger partial charge in [0.25, 0.3) is 0 Å². The smallest absolute Gasteiger partial charge is 0.181 e. The summed E-state index contributed by atoms with van der Waals surface area (Å²) in [6, 6.07) is 102. The molecule has 0 fully saturated rings. The van der Waals surface area contributed by atoms with Crippen molar-refractivity contribution in [3.63, 3.8) is 0 Å². The number of fused-ring (bicyclic) bond motifs is 9. The number of aromatic nitrogens is 3. The molecule has 0 N–H and O–H groups in total. The van der Waals surface area contributed by atoms with Gasteiger partial charge in [-0.15, -0.1) is 0 Å². The lowest BCUT2D eigenvalue weighted by atomic mass is 10.1. The average molecular weight is 908 g/mol. The van der Waals surface area contributed by atoms with Gasteiger partial charge in [0.2, 0.25) is 0 Å². The maximum atomic E-state index is 2.63. The van der Waals surface area contributed by atoms with Crippen molar-refractivity contribution in [2.45, 2.75) is 0 Å². The molecule has 3 nitrogen and oxygen atoms in total. The van der Waals surface area contributed by atoms with E-state index in [0.29, 0.717) is 0 Å². The van der Waals surface area contributed by atoms with Crippen LogP contribution in [0.2, 0.25) is 0 Å². The van der Waals surface area contributed by atoms with Crippen LogP contribution < -0.4 is 20.7 Å². The summed E-state index contributed by atoms with van der Waals surface area (Å²) in [4.78, 5) is 0. The van der Waals surface area contributed by atoms with Gasteiger partial charge in [-0.05, 0) is 92.5 Å². The molecule has 3 aromatic heterocycles. The SMILES string of the molecule is c1ccc(-c2cccc(-n3c4ccccc4c4c(-n5c6ccccc6c6cc(-n7c8ccccc8c8ccccc87)cc([Si](c7ccccc7)(c7ccccc7)c7ccccc7)c65)cccc43)c2)cc1. The minimum absolute atomic E-state index is 1.13. The molecule has 14 rings (SSSR count). The average Bonchev–Trinajstić information content (AvgIpc) is 4.09. The molecule has 0 atom stereocenters. The van der Waals surface area contributed by atoms with E-state index in [9.17, 15) is 0 Å². The molecule has 0 unspecified atom stereocenters. The Morgan fingerprint density at radius 2 is 0.671 bits per heavy atom. The summed E-state index contributed by atoms with van der Waals surface area (Å²) in [6.45, 7) is 0. The first-order chi connectivity index (χ1) is 34.8. The van der Waals surface area contributed by atoms with Crippen molar-refractivity contribution in [2.24, 2.45) is 0 Å². The summed E-state index contributed by atoms with van der Waals surface area (Å²) >= 11 is 0. The lowest BCUT2D eigenvalue weighted by Crippen LogP contribution is -2.75. The Balaban J connectivity index is 1.18. The Hall–Kier alpha value is -8.96. The van der Waals surface area contributed by atoms with Crippen LogP contribution in [0.5, 0.6) is 0 Å². The van der Waals surface area contributed by atoms with Crippen molar-refractivity contribution < 1.29 is 0 Å². The van der Waals surface area contributed by atoms with Crippen LogP contribution in [0.15, 0.2) is 273 Å². The predicted molar refractivity (Wildman–Crippen MR) is 299 cm³/mol. The van der Waals surface area contributed by atoms with Crippen molar-refractivity contribution in [2.75, 3.05) is 0 Å². The molecule has 70 heavy (non-hydrogen) atoms. The molecule has 0 amide bonds. The third-order valence-corrected chi connectivity index (χ3v) is 19.5. The summed E-state index contributed by atoms with van der Waals surface area (Å²) in [5.74, 6) is 0. The number of nitrogens with zero attached hydrogens (tertiary/aromatic N) is 3. The Kier molecular flexibility index (Phi) is 9.23. The second-order valence-electron chi connectivity index (χ2n) is 18.4. The van der Waals surface area contributed by atoms with Crippen molar-refractivity contribution >= 4 is 94.2 Å². The first kappa shape index (κ1) is 40.1. The van der Waals surface area contributed by atoms with Crippen LogP contribution in [0.3, 0.4) is 0 Å². The van der Waals surface area contributed by atoms with Crippen LogP contribution in [-0.4, -0.2) is 21.8 Å². The zero-order chi connectivity index (χ0) is 46.2. The van der Waals surface area contributed by atoms with Gasteiger partial charge in [-0.3, -0.25) is 0 Å². The molecule has 328 valence electrons. The first-order valence-corrected chi connectivity index (χ1v) is 26.2. The Morgan fingerprint density at radius 3 is 1.24 bits per heavy atom. The summed E-state index contributed by atoms with van der Waals surface area (Å²) < 4.78 is 7.61. The van der Waals surface area contributed by atoms with Gasteiger partial charge in [0, 0.05) is 43.7 Å². The molecule has 3 heterocycles. The fourth-order valence-corrected chi connectivity index (χ4v) is 16.9. The van der Waals surface area contributed by atoms with Gasteiger partial charge in [-0.25, -0.2) is 0 Å². The second kappa shape index (κ2) is 16.1. The summed E-state index contributed by atoms with van der Waals surface area (Å²) in [5, 5.41) is 12.7. The molecule has 14 aromatic rings. The second-order valence-corrected chi connectivity index (χ2v) is 22.2. The first-order valence-electron chi connectivity index (χ1n) is 24.2. The van der Waals surface area contributed by atoms with E-state index in [4.69, 9.17) is 0 Å². The third kappa shape index (κ3) is 5.94. The molecule has 0 saturated carbocycles. The molecular formula is C66H45N3Si. The number of hydrogen-bond acceptors (Lipinski definition) is 0. The quantitative estimate of drug-likeness (QED) is 0.107. The van der Waals surface area contributed by atoms with Crippen LogP contribution in [0.1, 0.15) is 0 Å². The van der Waals surface area contributed by atoms with Gasteiger partial charge in [-0.1, -0.05) is 212 Å². The lowest BCUT2D eigenvalue weighted by Gasteiger charge is -2.35. The lowest BCUT2D eigenvalue weighted by molar-refractivity contribution is 1.17. The maximum absolute atomic E-state index is 3.22. The van der Waals surface area contributed by atoms with E-state index in [-0.39, 0.29) is 0 Å². The van der Waals surface area contributed by atoms with Crippen LogP contribution in [0, 0.1) is 0 Å². The van der Waals surface area contributed by atoms with Crippen LogP contribution in [0.4, 0.5) is 0 Å². The largest absolute Gasteiger partial charge is 0.309 e. The Morgan fingerprint density at radius 1 is 0.257 bits per heavy atom. The molecule has 0 bridgehead atoms. The molecule has 0 spiro atoms. The molecule has 0 saturated heterocycles. The van der Waals surface area contributed by atoms with E-state index >= 15 is 0 Å². The monoisotopic (exact) mass is 907 g/mol. The zero-order valence-corrected chi connectivity index (χ0v) is 39.3. The standard InChI is InChI=1S/C66H45N3Si/c1-5-23-46(24-6-1)47-25-21-26-48(43-47)67-61-40-20-16-36-56(61)65-62(67)41-22-42-63(65)69-60-39-19-15-35-55(60)57-44-49(68-58-37-17-13-33-53(58)54-34-14-18-38-59(54)68)45-64(66(57)69)70(50-27-7-2-8-28-50,51-29-9-3-10-30-51)52-31-11-4-12-32-52/h1-45H. The Labute approximate surface area is 407 Å². The van der Waals surface area contributed by atoms with Crippen molar-refractivity contribution in [1.29, 1.82) is 0 Å². The number of benzene rings is 11. The molecule has 0 aliphatic carbocycles. The minimum atomic E-state index is -3.22. The van der Waals surface area contributed by atoms with E-state index in [2.05, 4.69) is 287 Å². The van der Waals surface area contributed by atoms with Crippen LogP contribution in [-0.2, 0) is 0 Å². The summed E-state index contributed by atoms with van der Waals surface area (Å²) in [7, 11) is -3.22. The number of hydrogen-bond donors (Lipinski definition) is 0. The molecule has 0 radical (unpaired) electrons. The highest BCUT2D eigenvalue weighted by Crippen LogP contribution is 2.42. The zero-order valence-electron chi connectivity index (χ0n) is 38.3. The van der Waals surface area contributed by atoms with Crippen LogP contribution in [0.25, 0.3) is 93.6 Å². The van der Waals surface area contributed by atoms with E-state index in [1.54, 1.807) is 0 Å². The molecule has 4 heteroatoms. The highest BCUT2D eigenvalue weighted by molar-refractivity contribution is 7.20. The number of para-hydroxylation sites is 4. The maximum Gasteiger partial charge on any atom is 0.181 e. The van der Waals surface area contributed by atoms with Crippen molar-refractivity contribution in [3.05, 3.63) is 273 Å². The van der Waals surface area contributed by atoms with Gasteiger partial charge in [-0.2, -0.15) is 0 Å². The van der Waals surface area contributed by atoms with Gasteiger partial charge in [0.15, 0.2) is 8.07 Å². The van der Waals surface area contributed by atoms with Gasteiger partial charge in [0.1, 0.15) is 0 Å². The van der Waals surface area contributed by atoms with E-state index in [1.807, 2.05) is 0 Å². The third-order valence-electron chi connectivity index (χ3n) is 14.7. The summed E-state index contributed by atoms with van der Waals surface area (Å²) in [6.07, 6.45) is 0. The highest BCUT2D eigenvalue weighted by Gasteiger charge is 2.44. The molecule has 0 aliphatic rings. The minimum Gasteiger partial charge on any atom is -0.309 e. The Bertz CT molecular complexity index is 4130. The van der Waals surface area contributed by atoms with Gasteiger partial charge in [0.05, 0.1) is 38.8 Å². The van der Waals surface area contributed by atoms with Gasteiger partial charge >= 0.3 is 0 Å². The van der Waals surface area contributed by atoms with Gasteiger partial charge < -0.3 is 13.7 Å². The molecular weight excluding hydrogens is 863 g/mol. The predicted octanol–water partition coefficient (Wildman–Crippen LogP) is 14.0. The van der Waals surface area contributed by atoms with E-state index in [0.717, 1.165) is 22.6 Å². The fourth-order valence-electron chi connectivity index (χ4n) is 11.9. The number of rotatable bonds is 8. The van der Waals surface area contributed by atoms with Crippen molar-refractivity contribution in [1.82, 2.24) is 13.7 Å². The normalized spacial score (nSPS) is 12.0.